The van der Waals surface area contributed by atoms with Crippen LogP contribution in [-0.4, -0.2) is 35.3 Å². The van der Waals surface area contributed by atoms with Crippen molar-refractivity contribution in [3.05, 3.63) is 29.8 Å². The van der Waals surface area contributed by atoms with Gasteiger partial charge in [0.1, 0.15) is 17.2 Å². The topological polar surface area (TPSA) is 38.2 Å². The van der Waals surface area contributed by atoms with Crippen LogP contribution in [0.3, 0.4) is 0 Å². The number of para-hydroxylation sites is 1. The van der Waals surface area contributed by atoms with Crippen molar-refractivity contribution in [3.8, 4) is 0 Å². The average molecular weight is 329 g/mol. The molecule has 0 spiro atoms. The van der Waals surface area contributed by atoms with E-state index in [2.05, 4.69) is 9.97 Å². The maximum atomic E-state index is 14.0. The maximum Gasteiger partial charge on any atom is 0.451 e. The first-order valence-electron chi connectivity index (χ1n) is 7.19. The van der Waals surface area contributed by atoms with E-state index in [0.717, 1.165) is 6.07 Å². The molecule has 2 unspecified atom stereocenters. The van der Waals surface area contributed by atoms with Gasteiger partial charge >= 0.3 is 6.18 Å². The summed E-state index contributed by atoms with van der Waals surface area (Å²) in [7, 11) is 0. The molecule has 2 aromatic rings. The first-order valence-corrected chi connectivity index (χ1v) is 7.19. The molecule has 0 saturated carbocycles. The van der Waals surface area contributed by atoms with Crippen molar-refractivity contribution in [2.75, 3.05) is 18.0 Å². The maximum absolute atomic E-state index is 14.0. The molecule has 2 atom stereocenters. The van der Waals surface area contributed by atoms with Crippen LogP contribution in [0.2, 0.25) is 0 Å². The van der Waals surface area contributed by atoms with Crippen LogP contribution >= 0.6 is 0 Å². The fourth-order valence-electron chi connectivity index (χ4n) is 2.82. The van der Waals surface area contributed by atoms with Crippen LogP contribution < -0.4 is 4.90 Å². The lowest BCUT2D eigenvalue weighted by atomic mass is 10.1. The van der Waals surface area contributed by atoms with E-state index in [1.807, 2.05) is 13.8 Å². The van der Waals surface area contributed by atoms with Gasteiger partial charge in [-0.2, -0.15) is 13.2 Å². The second-order valence-electron chi connectivity index (χ2n) is 5.67. The quantitative estimate of drug-likeness (QED) is 0.752. The zero-order valence-corrected chi connectivity index (χ0v) is 12.6. The second kappa shape index (κ2) is 5.59. The SMILES string of the molecule is CC1CN(c2nc(C(F)(F)F)nc3c(F)cccc23)CC(C)O1. The average Bonchev–Trinajstić information content (AvgIpc) is 2.44. The summed E-state index contributed by atoms with van der Waals surface area (Å²) >= 11 is 0. The molecule has 1 saturated heterocycles. The highest BCUT2D eigenvalue weighted by Crippen LogP contribution is 2.33. The second-order valence-corrected chi connectivity index (χ2v) is 5.67. The normalized spacial score (nSPS) is 22.6. The zero-order chi connectivity index (χ0) is 16.8. The Hall–Kier alpha value is -1.96. The number of hydrogen-bond acceptors (Lipinski definition) is 4. The summed E-state index contributed by atoms with van der Waals surface area (Å²) in [5, 5.41) is 0.263. The zero-order valence-electron chi connectivity index (χ0n) is 12.6. The molecular weight excluding hydrogens is 314 g/mol. The summed E-state index contributed by atoms with van der Waals surface area (Å²) in [4.78, 5) is 8.74. The van der Waals surface area contributed by atoms with Crippen LogP contribution in [-0.2, 0) is 10.9 Å². The van der Waals surface area contributed by atoms with Gasteiger partial charge in [-0.1, -0.05) is 6.07 Å². The molecular formula is C15H15F4N3O. The highest BCUT2D eigenvalue weighted by atomic mass is 19.4. The van der Waals surface area contributed by atoms with Gasteiger partial charge in [-0.25, -0.2) is 14.4 Å². The van der Waals surface area contributed by atoms with E-state index < -0.39 is 17.8 Å². The molecule has 0 aliphatic carbocycles. The minimum absolute atomic E-state index is 0.0869. The van der Waals surface area contributed by atoms with Gasteiger partial charge in [-0.3, -0.25) is 0 Å². The predicted molar refractivity (Wildman–Crippen MR) is 76.7 cm³/mol. The molecule has 0 amide bonds. The van der Waals surface area contributed by atoms with Gasteiger partial charge in [0.2, 0.25) is 5.82 Å². The Morgan fingerprint density at radius 2 is 1.78 bits per heavy atom. The molecule has 3 rings (SSSR count). The number of ether oxygens (including phenoxy) is 1. The van der Waals surface area contributed by atoms with Gasteiger partial charge in [0.25, 0.3) is 0 Å². The summed E-state index contributed by atoms with van der Waals surface area (Å²) in [5.41, 5.74) is -0.323. The van der Waals surface area contributed by atoms with Crippen molar-refractivity contribution in [2.45, 2.75) is 32.2 Å². The number of aromatic nitrogens is 2. The van der Waals surface area contributed by atoms with E-state index in [9.17, 15) is 17.6 Å². The van der Waals surface area contributed by atoms with Crippen molar-refractivity contribution >= 4 is 16.7 Å². The smallest absolute Gasteiger partial charge is 0.372 e. The number of morpholine rings is 1. The summed E-state index contributed by atoms with van der Waals surface area (Å²) in [6, 6.07) is 4.05. The van der Waals surface area contributed by atoms with Gasteiger partial charge in [-0.05, 0) is 26.0 Å². The lowest BCUT2D eigenvalue weighted by Gasteiger charge is -2.36. The van der Waals surface area contributed by atoms with E-state index in [4.69, 9.17) is 4.74 Å². The molecule has 1 aliphatic heterocycles. The molecule has 0 radical (unpaired) electrons. The van der Waals surface area contributed by atoms with Crippen molar-refractivity contribution in [1.29, 1.82) is 0 Å². The number of fused-ring (bicyclic) bond motifs is 1. The van der Waals surface area contributed by atoms with Gasteiger partial charge in [0.05, 0.1) is 12.2 Å². The predicted octanol–water partition coefficient (Wildman–Crippen LogP) is 3.40. The van der Waals surface area contributed by atoms with E-state index in [0.29, 0.717) is 13.1 Å². The lowest BCUT2D eigenvalue weighted by molar-refractivity contribution is -0.144. The van der Waals surface area contributed by atoms with E-state index in [1.54, 1.807) is 4.90 Å². The number of alkyl halides is 3. The molecule has 4 nitrogen and oxygen atoms in total. The van der Waals surface area contributed by atoms with Gasteiger partial charge < -0.3 is 9.64 Å². The first kappa shape index (κ1) is 15.9. The summed E-state index contributed by atoms with van der Waals surface area (Å²) in [6.07, 6.45) is -5.06. The highest BCUT2D eigenvalue weighted by molar-refractivity contribution is 5.90. The fraction of sp³-hybridized carbons (Fsp3) is 0.467. The minimum Gasteiger partial charge on any atom is -0.372 e. The largest absolute Gasteiger partial charge is 0.451 e. The molecule has 1 aliphatic rings. The molecule has 8 heteroatoms. The number of nitrogens with zero attached hydrogens (tertiary/aromatic N) is 3. The van der Waals surface area contributed by atoms with E-state index in [-0.39, 0.29) is 28.9 Å². The molecule has 1 aromatic carbocycles. The van der Waals surface area contributed by atoms with Crippen LogP contribution in [0.1, 0.15) is 19.7 Å². The molecule has 1 fully saturated rings. The lowest BCUT2D eigenvalue weighted by Crippen LogP contribution is -2.46. The van der Waals surface area contributed by atoms with Crippen LogP contribution in [0.15, 0.2) is 18.2 Å². The Morgan fingerprint density at radius 3 is 2.39 bits per heavy atom. The Morgan fingerprint density at radius 1 is 1.13 bits per heavy atom. The number of halogens is 4. The van der Waals surface area contributed by atoms with E-state index in [1.165, 1.54) is 12.1 Å². The number of rotatable bonds is 1. The number of anilines is 1. The fourth-order valence-corrected chi connectivity index (χ4v) is 2.82. The van der Waals surface area contributed by atoms with E-state index >= 15 is 0 Å². The minimum atomic E-state index is -4.74. The summed E-state index contributed by atoms with van der Waals surface area (Å²) < 4.78 is 58.7. The highest BCUT2D eigenvalue weighted by Gasteiger charge is 2.37. The van der Waals surface area contributed by atoms with Crippen molar-refractivity contribution in [3.63, 3.8) is 0 Å². The number of benzene rings is 1. The Labute approximate surface area is 130 Å². The van der Waals surface area contributed by atoms with Gasteiger partial charge in [-0.15, -0.1) is 0 Å². The third kappa shape index (κ3) is 3.08. The van der Waals surface area contributed by atoms with Crippen LogP contribution in [0.25, 0.3) is 10.9 Å². The monoisotopic (exact) mass is 329 g/mol. The van der Waals surface area contributed by atoms with Crippen molar-refractivity contribution in [2.24, 2.45) is 0 Å². The van der Waals surface area contributed by atoms with Crippen LogP contribution in [0.4, 0.5) is 23.4 Å². The molecule has 0 N–H and O–H groups in total. The Bertz CT molecular complexity index is 724. The van der Waals surface area contributed by atoms with Crippen molar-refractivity contribution in [1.82, 2.24) is 9.97 Å². The van der Waals surface area contributed by atoms with Gasteiger partial charge in [0.15, 0.2) is 0 Å². The van der Waals surface area contributed by atoms with Crippen LogP contribution in [0, 0.1) is 5.82 Å². The number of hydrogen-bond donors (Lipinski definition) is 0. The molecule has 124 valence electrons. The first-order chi connectivity index (χ1) is 10.8. The standard InChI is InChI=1S/C15H15F4N3O/c1-8-6-22(7-9(2)23-8)13-10-4-3-5-11(16)12(10)20-14(21-13)15(17,18)19/h3-5,8-9H,6-7H2,1-2H3. The molecule has 2 heterocycles. The molecule has 1 aromatic heterocycles. The third-order valence-electron chi connectivity index (χ3n) is 3.63. The third-order valence-corrected chi connectivity index (χ3v) is 3.63. The van der Waals surface area contributed by atoms with Crippen LogP contribution in [0.5, 0.6) is 0 Å². The Balaban J connectivity index is 2.20. The van der Waals surface area contributed by atoms with Crippen molar-refractivity contribution < 1.29 is 22.3 Å². The molecule has 0 bridgehead atoms. The summed E-state index contributed by atoms with van der Waals surface area (Å²) in [6.45, 7) is 4.42. The molecule has 23 heavy (non-hydrogen) atoms. The Kier molecular flexibility index (Phi) is 3.87. The summed E-state index contributed by atoms with van der Waals surface area (Å²) in [5.74, 6) is -2.05. The van der Waals surface area contributed by atoms with Gasteiger partial charge in [0, 0.05) is 18.5 Å².